The summed E-state index contributed by atoms with van der Waals surface area (Å²) in [5.41, 5.74) is 1.79. The van der Waals surface area contributed by atoms with Gasteiger partial charge in [0, 0.05) is 20.1 Å². The minimum Gasteiger partial charge on any atom is -0.378 e. The first-order valence-electron chi connectivity index (χ1n) is 9.90. The van der Waals surface area contributed by atoms with Crippen LogP contribution in [0.2, 0.25) is 0 Å². The highest BCUT2D eigenvalue weighted by Crippen LogP contribution is 2.19. The molecule has 11 nitrogen and oxygen atoms in total. The monoisotopic (exact) mass is 410 g/mol. The van der Waals surface area contributed by atoms with Gasteiger partial charge in [-0.15, -0.1) is 5.10 Å². The van der Waals surface area contributed by atoms with E-state index in [1.165, 1.54) is 10.9 Å². The summed E-state index contributed by atoms with van der Waals surface area (Å²) in [5, 5.41) is 14.5. The smallest absolute Gasteiger partial charge is 0.274 e. The van der Waals surface area contributed by atoms with Crippen LogP contribution in [-0.4, -0.2) is 75.0 Å². The van der Waals surface area contributed by atoms with E-state index in [1.54, 1.807) is 29.9 Å². The number of carbonyl (C=O) groups excluding carboxylic acids is 2. The standard InChI is InChI=1S/C19H22N8O3/c1-25-16(13(10-21-25)17(28)14-4-5-20-14)18(29)22-12-2-3-15-23-19(24-27(15)11-12)26-6-8-30-9-7-26/h2-3,10-11,14,20H,4-9H2,1H3,(H,22,29). The molecule has 1 atom stereocenters. The molecular weight excluding hydrogens is 388 g/mol. The van der Waals surface area contributed by atoms with E-state index in [1.807, 2.05) is 0 Å². The number of pyridine rings is 1. The van der Waals surface area contributed by atoms with Crippen LogP contribution < -0.4 is 15.5 Å². The lowest BCUT2D eigenvalue weighted by Crippen LogP contribution is -2.48. The molecule has 156 valence electrons. The molecule has 0 saturated carbocycles. The minimum atomic E-state index is -0.398. The number of morpholine rings is 1. The summed E-state index contributed by atoms with van der Waals surface area (Å²) >= 11 is 0. The van der Waals surface area contributed by atoms with E-state index in [9.17, 15) is 9.59 Å². The van der Waals surface area contributed by atoms with Crippen LogP contribution in [-0.2, 0) is 11.8 Å². The van der Waals surface area contributed by atoms with Gasteiger partial charge in [-0.3, -0.25) is 14.3 Å². The molecule has 3 aromatic rings. The van der Waals surface area contributed by atoms with Crippen LogP contribution >= 0.6 is 0 Å². The van der Waals surface area contributed by atoms with Gasteiger partial charge in [0.25, 0.3) is 5.91 Å². The molecule has 2 N–H and O–H groups in total. The van der Waals surface area contributed by atoms with Gasteiger partial charge in [-0.1, -0.05) is 0 Å². The number of rotatable bonds is 5. The van der Waals surface area contributed by atoms with E-state index < -0.39 is 5.91 Å². The number of aromatic nitrogens is 5. The highest BCUT2D eigenvalue weighted by atomic mass is 16.5. The topological polar surface area (TPSA) is 119 Å². The Hall–Kier alpha value is -3.31. The molecule has 0 bridgehead atoms. The van der Waals surface area contributed by atoms with Crippen LogP contribution in [0.5, 0.6) is 0 Å². The molecule has 1 unspecified atom stereocenters. The predicted molar refractivity (Wildman–Crippen MR) is 108 cm³/mol. The SMILES string of the molecule is Cn1ncc(C(=O)C2CCN2)c1C(=O)Nc1ccc2nc(N3CCOCC3)nn2c1. The Morgan fingerprint density at radius 2 is 2.07 bits per heavy atom. The lowest BCUT2D eigenvalue weighted by molar-refractivity contribution is 0.0894. The molecule has 2 aliphatic rings. The van der Waals surface area contributed by atoms with Crippen molar-refractivity contribution in [2.75, 3.05) is 43.1 Å². The van der Waals surface area contributed by atoms with Crippen LogP contribution in [0.15, 0.2) is 24.5 Å². The van der Waals surface area contributed by atoms with Gasteiger partial charge in [0.1, 0.15) is 5.69 Å². The fourth-order valence-corrected chi connectivity index (χ4v) is 3.62. The summed E-state index contributed by atoms with van der Waals surface area (Å²) in [6.45, 7) is 3.60. The number of amides is 1. The second-order valence-electron chi connectivity index (χ2n) is 7.38. The van der Waals surface area contributed by atoms with Gasteiger partial charge >= 0.3 is 0 Å². The summed E-state index contributed by atoms with van der Waals surface area (Å²) in [6.07, 6.45) is 3.92. The van der Waals surface area contributed by atoms with Crippen molar-refractivity contribution in [3.63, 3.8) is 0 Å². The van der Waals surface area contributed by atoms with Crippen LogP contribution in [0.4, 0.5) is 11.6 Å². The Morgan fingerprint density at radius 3 is 2.80 bits per heavy atom. The van der Waals surface area contributed by atoms with Gasteiger partial charge in [-0.25, -0.2) is 4.52 Å². The zero-order valence-electron chi connectivity index (χ0n) is 16.5. The van der Waals surface area contributed by atoms with Crippen LogP contribution in [0.25, 0.3) is 5.65 Å². The molecule has 2 aliphatic heterocycles. The average molecular weight is 410 g/mol. The van der Waals surface area contributed by atoms with Crippen LogP contribution in [0.3, 0.4) is 0 Å². The van der Waals surface area contributed by atoms with Crippen LogP contribution in [0, 0.1) is 0 Å². The van der Waals surface area contributed by atoms with E-state index in [-0.39, 0.29) is 17.5 Å². The summed E-state index contributed by atoms with van der Waals surface area (Å²) in [7, 11) is 1.65. The fourth-order valence-electron chi connectivity index (χ4n) is 3.62. The lowest BCUT2D eigenvalue weighted by atomic mass is 9.97. The highest BCUT2D eigenvalue weighted by Gasteiger charge is 2.31. The van der Waals surface area contributed by atoms with Gasteiger partial charge in [0.15, 0.2) is 11.4 Å². The molecule has 1 amide bonds. The Morgan fingerprint density at radius 1 is 1.27 bits per heavy atom. The third-order valence-electron chi connectivity index (χ3n) is 5.43. The van der Waals surface area contributed by atoms with Crippen molar-refractivity contribution in [2.45, 2.75) is 12.5 Å². The number of hydrogen-bond donors (Lipinski definition) is 2. The van der Waals surface area contributed by atoms with Crippen molar-refractivity contribution in [1.82, 2.24) is 29.7 Å². The maximum Gasteiger partial charge on any atom is 0.274 e. The largest absolute Gasteiger partial charge is 0.378 e. The molecule has 2 saturated heterocycles. The zero-order valence-corrected chi connectivity index (χ0v) is 16.5. The highest BCUT2D eigenvalue weighted by molar-refractivity contribution is 6.13. The molecule has 2 fully saturated rings. The number of nitrogens with one attached hydrogen (secondary N) is 2. The summed E-state index contributed by atoms with van der Waals surface area (Å²) < 4.78 is 8.42. The molecule has 11 heteroatoms. The lowest BCUT2D eigenvalue weighted by Gasteiger charge is -2.25. The minimum absolute atomic E-state index is 0.110. The first-order chi connectivity index (χ1) is 14.6. The first-order valence-corrected chi connectivity index (χ1v) is 9.90. The Balaban J connectivity index is 1.37. The number of Topliss-reactive ketones (excluding diaryl/α,β-unsaturated/α-hetero) is 1. The summed E-state index contributed by atoms with van der Waals surface area (Å²) in [5.74, 6) is 0.126. The van der Waals surface area contributed by atoms with Crippen molar-refractivity contribution < 1.29 is 14.3 Å². The number of fused-ring (bicyclic) bond motifs is 1. The summed E-state index contributed by atoms with van der Waals surface area (Å²) in [6, 6.07) is 3.31. The molecule has 5 heterocycles. The van der Waals surface area contributed by atoms with Gasteiger partial charge in [0.2, 0.25) is 5.95 Å². The van der Waals surface area contributed by atoms with Gasteiger partial charge in [0.05, 0.1) is 42.9 Å². The molecule has 3 aromatic heterocycles. The second kappa shape index (κ2) is 7.50. The van der Waals surface area contributed by atoms with Gasteiger partial charge < -0.3 is 20.3 Å². The Kier molecular flexibility index (Phi) is 4.68. The number of ketones is 1. The number of hydrogen-bond acceptors (Lipinski definition) is 8. The second-order valence-corrected chi connectivity index (χ2v) is 7.38. The van der Waals surface area contributed by atoms with Crippen molar-refractivity contribution in [3.05, 3.63) is 35.8 Å². The number of aryl methyl sites for hydroxylation is 1. The van der Waals surface area contributed by atoms with E-state index >= 15 is 0 Å². The molecule has 30 heavy (non-hydrogen) atoms. The predicted octanol–water partition coefficient (Wildman–Crippen LogP) is 0.0963. The fraction of sp³-hybridized carbons (Fsp3) is 0.421. The zero-order chi connectivity index (χ0) is 20.7. The molecule has 0 spiro atoms. The Labute approximate surface area is 172 Å². The Bertz CT molecular complexity index is 1110. The quantitative estimate of drug-likeness (QED) is 0.569. The van der Waals surface area contributed by atoms with Crippen molar-refractivity contribution in [3.8, 4) is 0 Å². The number of ether oxygens (including phenoxy) is 1. The van der Waals surface area contributed by atoms with Crippen molar-refractivity contribution >= 4 is 29.0 Å². The van der Waals surface area contributed by atoms with E-state index in [2.05, 4.69) is 30.7 Å². The molecular formula is C19H22N8O3. The maximum atomic E-state index is 12.9. The van der Waals surface area contributed by atoms with Gasteiger partial charge in [-0.05, 0) is 25.1 Å². The van der Waals surface area contributed by atoms with E-state index in [0.717, 1.165) is 26.1 Å². The third-order valence-corrected chi connectivity index (χ3v) is 5.43. The van der Waals surface area contributed by atoms with Crippen LogP contribution in [0.1, 0.15) is 27.3 Å². The van der Waals surface area contributed by atoms with Crippen molar-refractivity contribution in [2.24, 2.45) is 7.05 Å². The van der Waals surface area contributed by atoms with Gasteiger partial charge in [-0.2, -0.15) is 10.1 Å². The molecule has 0 aromatic carbocycles. The maximum absolute atomic E-state index is 12.9. The number of carbonyl (C=O) groups is 2. The molecule has 0 aliphatic carbocycles. The third kappa shape index (κ3) is 3.31. The first kappa shape index (κ1) is 18.7. The summed E-state index contributed by atoms with van der Waals surface area (Å²) in [4.78, 5) is 32.1. The molecule has 0 radical (unpaired) electrons. The van der Waals surface area contributed by atoms with E-state index in [4.69, 9.17) is 4.74 Å². The number of nitrogens with zero attached hydrogens (tertiary/aromatic N) is 6. The normalized spacial score (nSPS) is 19.0. The number of anilines is 2. The van der Waals surface area contributed by atoms with E-state index in [0.29, 0.717) is 36.1 Å². The van der Waals surface area contributed by atoms with Crippen molar-refractivity contribution in [1.29, 1.82) is 0 Å². The molecule has 5 rings (SSSR count). The average Bonchev–Trinajstić information content (AvgIpc) is 3.30.